The molecular formula is C9H13N5O3S. The molecule has 0 aliphatic rings. The lowest BCUT2D eigenvalue weighted by Gasteiger charge is -2.06. The molecular weight excluding hydrogens is 258 g/mol. The topological polar surface area (TPSA) is 133 Å². The monoisotopic (exact) mass is 271 g/mol. The summed E-state index contributed by atoms with van der Waals surface area (Å²) in [6, 6.07) is -0.807. The molecule has 2 amide bonds. The standard InChI is InChI=1S/C9H13N5O3S/c1-4(10)7(15)13-8(16)6(14-17-2)5-3-18-9(11)12-5/h3-4H,10H2,1-2H3,(H2,11,12)(H,13,15,16)/t4-/m1/s1. The molecule has 98 valence electrons. The van der Waals surface area contributed by atoms with Crippen molar-refractivity contribution < 1.29 is 14.4 Å². The number of nitrogens with two attached hydrogens (primary N) is 2. The molecule has 1 rings (SSSR count). The third-order valence-corrected chi connectivity index (χ3v) is 2.49. The Labute approximate surface area is 107 Å². The summed E-state index contributed by atoms with van der Waals surface area (Å²) in [4.78, 5) is 31.5. The number of nitrogen functional groups attached to an aromatic ring is 1. The Bertz CT molecular complexity index is 482. The summed E-state index contributed by atoms with van der Waals surface area (Å²) in [6.45, 7) is 1.45. The lowest BCUT2D eigenvalue weighted by molar-refractivity contribution is -0.127. The number of thiazole rings is 1. The maximum atomic E-state index is 11.8. The average molecular weight is 271 g/mol. The molecule has 0 unspecified atom stereocenters. The van der Waals surface area contributed by atoms with E-state index in [1.807, 2.05) is 0 Å². The van der Waals surface area contributed by atoms with Gasteiger partial charge in [0, 0.05) is 5.38 Å². The second kappa shape index (κ2) is 6.07. The zero-order valence-corrected chi connectivity index (χ0v) is 10.7. The number of carbonyl (C=O) groups excluding carboxylic acids is 2. The van der Waals surface area contributed by atoms with E-state index in [1.165, 1.54) is 19.4 Å². The van der Waals surface area contributed by atoms with Gasteiger partial charge < -0.3 is 16.3 Å². The van der Waals surface area contributed by atoms with Crippen molar-refractivity contribution in [2.45, 2.75) is 13.0 Å². The summed E-state index contributed by atoms with van der Waals surface area (Å²) in [6.07, 6.45) is 0. The first-order valence-corrected chi connectivity index (χ1v) is 5.77. The molecule has 0 saturated carbocycles. The molecule has 0 saturated heterocycles. The maximum absolute atomic E-state index is 11.8. The number of amides is 2. The van der Waals surface area contributed by atoms with Crippen LogP contribution in [0.4, 0.5) is 5.13 Å². The van der Waals surface area contributed by atoms with E-state index in [0.29, 0.717) is 0 Å². The molecule has 5 N–H and O–H groups in total. The van der Waals surface area contributed by atoms with E-state index in [4.69, 9.17) is 11.5 Å². The van der Waals surface area contributed by atoms with Gasteiger partial charge in [0.05, 0.1) is 6.04 Å². The van der Waals surface area contributed by atoms with Gasteiger partial charge in [-0.3, -0.25) is 14.9 Å². The highest BCUT2D eigenvalue weighted by Gasteiger charge is 2.21. The smallest absolute Gasteiger partial charge is 0.282 e. The first-order chi connectivity index (χ1) is 8.45. The Balaban J connectivity index is 2.90. The molecule has 9 heteroatoms. The second-order valence-corrected chi connectivity index (χ2v) is 4.19. The van der Waals surface area contributed by atoms with Gasteiger partial charge in [-0.2, -0.15) is 0 Å². The number of hydrogen-bond donors (Lipinski definition) is 3. The number of hydrogen-bond acceptors (Lipinski definition) is 8. The Kier molecular flexibility index (Phi) is 4.75. The van der Waals surface area contributed by atoms with Crippen molar-refractivity contribution in [3.8, 4) is 0 Å². The number of nitrogens with zero attached hydrogens (tertiary/aromatic N) is 2. The highest BCUT2D eigenvalue weighted by Crippen LogP contribution is 2.12. The van der Waals surface area contributed by atoms with Gasteiger partial charge in [0.2, 0.25) is 5.91 Å². The van der Waals surface area contributed by atoms with Crippen LogP contribution in [-0.4, -0.2) is 35.7 Å². The molecule has 0 aliphatic carbocycles. The number of aromatic nitrogens is 1. The Hall–Kier alpha value is -2.00. The van der Waals surface area contributed by atoms with Crippen LogP contribution in [0.2, 0.25) is 0 Å². The summed E-state index contributed by atoms with van der Waals surface area (Å²) in [5.74, 6) is -1.36. The van der Waals surface area contributed by atoms with E-state index in [2.05, 4.69) is 20.3 Å². The molecule has 1 heterocycles. The van der Waals surface area contributed by atoms with Crippen LogP contribution in [0.3, 0.4) is 0 Å². The quantitative estimate of drug-likeness (QED) is 0.478. The minimum atomic E-state index is -0.807. The van der Waals surface area contributed by atoms with Crippen LogP contribution in [0.25, 0.3) is 0 Å². The Morgan fingerprint density at radius 3 is 2.72 bits per heavy atom. The summed E-state index contributed by atoms with van der Waals surface area (Å²) in [7, 11) is 1.27. The van der Waals surface area contributed by atoms with Gasteiger partial charge in [0.15, 0.2) is 10.8 Å². The number of imide groups is 1. The summed E-state index contributed by atoms with van der Waals surface area (Å²) in [5.41, 5.74) is 10.9. The van der Waals surface area contributed by atoms with E-state index >= 15 is 0 Å². The van der Waals surface area contributed by atoms with E-state index in [0.717, 1.165) is 11.3 Å². The molecule has 0 radical (unpaired) electrons. The van der Waals surface area contributed by atoms with Crippen LogP contribution in [0, 0.1) is 0 Å². The SMILES string of the molecule is CON=C(C(=O)NC(=O)[C@@H](C)N)c1csc(N)n1. The van der Waals surface area contributed by atoms with Crippen LogP contribution < -0.4 is 16.8 Å². The third-order valence-electron chi connectivity index (χ3n) is 1.81. The van der Waals surface area contributed by atoms with Crippen LogP contribution >= 0.6 is 11.3 Å². The lowest BCUT2D eigenvalue weighted by Crippen LogP contribution is -2.44. The maximum Gasteiger partial charge on any atom is 0.282 e. The van der Waals surface area contributed by atoms with Crippen molar-refractivity contribution in [1.29, 1.82) is 0 Å². The highest BCUT2D eigenvalue weighted by molar-refractivity contribution is 7.13. The van der Waals surface area contributed by atoms with Crippen molar-refractivity contribution in [3.63, 3.8) is 0 Å². The first kappa shape index (κ1) is 14.1. The van der Waals surface area contributed by atoms with Crippen LogP contribution in [-0.2, 0) is 14.4 Å². The number of carbonyl (C=O) groups is 2. The summed E-state index contributed by atoms with van der Waals surface area (Å²) in [5, 5.41) is 7.41. The predicted molar refractivity (Wildman–Crippen MR) is 66.9 cm³/mol. The van der Waals surface area contributed by atoms with Crippen molar-refractivity contribution in [2.75, 3.05) is 12.8 Å². The fourth-order valence-electron chi connectivity index (χ4n) is 0.977. The fourth-order valence-corrected chi connectivity index (χ4v) is 1.52. The van der Waals surface area contributed by atoms with Gasteiger partial charge in [-0.05, 0) is 6.92 Å². The molecule has 1 atom stereocenters. The third kappa shape index (κ3) is 3.50. The summed E-state index contributed by atoms with van der Waals surface area (Å²) >= 11 is 1.14. The molecule has 0 bridgehead atoms. The second-order valence-electron chi connectivity index (χ2n) is 3.30. The molecule has 0 aromatic carbocycles. The van der Waals surface area contributed by atoms with Crippen molar-refractivity contribution in [3.05, 3.63) is 11.1 Å². The Morgan fingerprint density at radius 1 is 1.61 bits per heavy atom. The van der Waals surface area contributed by atoms with E-state index in [9.17, 15) is 9.59 Å². The lowest BCUT2D eigenvalue weighted by atomic mass is 10.2. The number of oxime groups is 1. The van der Waals surface area contributed by atoms with Crippen LogP contribution in [0.15, 0.2) is 10.5 Å². The number of anilines is 1. The van der Waals surface area contributed by atoms with Crippen molar-refractivity contribution in [1.82, 2.24) is 10.3 Å². The van der Waals surface area contributed by atoms with Gasteiger partial charge in [0.25, 0.3) is 5.91 Å². The van der Waals surface area contributed by atoms with Crippen molar-refractivity contribution in [2.24, 2.45) is 10.9 Å². The average Bonchev–Trinajstić information content (AvgIpc) is 2.72. The highest BCUT2D eigenvalue weighted by atomic mass is 32.1. The van der Waals surface area contributed by atoms with Gasteiger partial charge >= 0.3 is 0 Å². The van der Waals surface area contributed by atoms with Gasteiger partial charge in [-0.25, -0.2) is 4.98 Å². The van der Waals surface area contributed by atoms with Gasteiger partial charge in [0.1, 0.15) is 12.8 Å². The number of rotatable bonds is 4. The largest absolute Gasteiger partial charge is 0.398 e. The first-order valence-electron chi connectivity index (χ1n) is 4.89. The van der Waals surface area contributed by atoms with Gasteiger partial charge in [-0.1, -0.05) is 5.16 Å². The molecule has 0 aliphatic heterocycles. The minimum Gasteiger partial charge on any atom is -0.398 e. The number of nitrogens with one attached hydrogen (secondary N) is 1. The molecule has 18 heavy (non-hydrogen) atoms. The van der Waals surface area contributed by atoms with E-state index in [-0.39, 0.29) is 16.5 Å². The fraction of sp³-hybridized carbons (Fsp3) is 0.333. The van der Waals surface area contributed by atoms with Crippen LogP contribution in [0.5, 0.6) is 0 Å². The Morgan fingerprint density at radius 2 is 2.28 bits per heavy atom. The molecule has 1 aromatic heterocycles. The van der Waals surface area contributed by atoms with Crippen molar-refractivity contribution >= 4 is 34.0 Å². The molecule has 1 aromatic rings. The molecule has 8 nitrogen and oxygen atoms in total. The zero-order valence-electron chi connectivity index (χ0n) is 9.84. The zero-order chi connectivity index (χ0) is 13.7. The predicted octanol–water partition coefficient (Wildman–Crippen LogP) is -0.934. The van der Waals surface area contributed by atoms with Gasteiger partial charge in [-0.15, -0.1) is 11.3 Å². The summed E-state index contributed by atoms with van der Waals surface area (Å²) < 4.78 is 0. The molecule has 0 fully saturated rings. The molecule has 0 spiro atoms. The van der Waals surface area contributed by atoms with E-state index < -0.39 is 17.9 Å². The minimum absolute atomic E-state index is 0.139. The normalized spacial score (nSPS) is 12.9. The van der Waals surface area contributed by atoms with E-state index in [1.54, 1.807) is 0 Å². The van der Waals surface area contributed by atoms with Crippen LogP contribution in [0.1, 0.15) is 12.6 Å².